The summed E-state index contributed by atoms with van der Waals surface area (Å²) in [6.45, 7) is 9.66. The van der Waals surface area contributed by atoms with Crippen molar-refractivity contribution in [3.05, 3.63) is 42.0 Å². The summed E-state index contributed by atoms with van der Waals surface area (Å²) in [7, 11) is 3.31. The van der Waals surface area contributed by atoms with Crippen molar-refractivity contribution in [1.29, 1.82) is 0 Å². The maximum absolute atomic E-state index is 13.2. The molecule has 0 bridgehead atoms. The minimum absolute atomic E-state index is 0.0216. The number of aliphatic hydroxyl groups is 1. The average molecular weight is 573 g/mol. The van der Waals surface area contributed by atoms with Crippen LogP contribution in [0.3, 0.4) is 0 Å². The second kappa shape index (κ2) is 15.8. The molecule has 1 aliphatic rings. The van der Waals surface area contributed by atoms with E-state index >= 15 is 0 Å². The molecule has 9 nitrogen and oxygen atoms in total. The molecule has 1 aliphatic heterocycles. The van der Waals surface area contributed by atoms with Gasteiger partial charge in [-0.3, -0.25) is 4.79 Å². The first-order valence-corrected chi connectivity index (χ1v) is 14.6. The summed E-state index contributed by atoms with van der Waals surface area (Å²) >= 11 is 0. The van der Waals surface area contributed by atoms with E-state index in [1.54, 1.807) is 32.4 Å². The predicted molar refractivity (Wildman–Crippen MR) is 160 cm³/mol. The summed E-state index contributed by atoms with van der Waals surface area (Å²) in [4.78, 5) is 13.2. The number of methoxy groups -OCH3 is 2. The zero-order chi connectivity index (χ0) is 29.9. The topological polar surface area (TPSA) is 122 Å². The van der Waals surface area contributed by atoms with Crippen molar-refractivity contribution in [3.63, 3.8) is 0 Å². The molecule has 41 heavy (non-hydrogen) atoms. The van der Waals surface area contributed by atoms with Crippen molar-refractivity contribution in [1.82, 2.24) is 0 Å². The van der Waals surface area contributed by atoms with E-state index in [2.05, 4.69) is 19.2 Å². The number of fused-ring (bicyclic) bond motifs is 1. The van der Waals surface area contributed by atoms with Crippen molar-refractivity contribution in [2.75, 3.05) is 39.5 Å². The highest BCUT2D eigenvalue weighted by molar-refractivity contribution is 5.93. The third kappa shape index (κ3) is 9.51. The van der Waals surface area contributed by atoms with Crippen LogP contribution in [0.15, 0.2) is 36.4 Å². The summed E-state index contributed by atoms with van der Waals surface area (Å²) in [5.41, 5.74) is 8.32. The van der Waals surface area contributed by atoms with Gasteiger partial charge < -0.3 is 39.8 Å². The number of benzene rings is 2. The van der Waals surface area contributed by atoms with Gasteiger partial charge in [0.1, 0.15) is 0 Å². The number of aliphatic hydroxyl groups excluding tert-OH is 1. The van der Waals surface area contributed by atoms with Crippen LogP contribution in [0.1, 0.15) is 52.5 Å². The standard InChI is InChI=1S/C32H48N2O7/c1-20(2)23(14-22-8-10-28(38-6)30(15-22)39-13-7-12-37-5)16-26(33)27(35)18-25(21(3)4)32(36)34-24-9-11-29-31(17-24)41-19-40-29/h8-11,15,17,20-21,23,25-27,35H,7,12-14,16,18-19,33H2,1-6H3,(H,34,36). The van der Waals surface area contributed by atoms with Gasteiger partial charge in [-0.1, -0.05) is 33.8 Å². The molecule has 1 amide bonds. The molecule has 2 aromatic rings. The summed E-state index contributed by atoms with van der Waals surface area (Å²) in [5, 5.41) is 14.1. The lowest BCUT2D eigenvalue weighted by Gasteiger charge is -2.30. The predicted octanol–water partition coefficient (Wildman–Crippen LogP) is 5.03. The molecule has 0 saturated heterocycles. The fraction of sp³-hybridized carbons (Fsp3) is 0.594. The number of hydrogen-bond donors (Lipinski definition) is 3. The first-order valence-electron chi connectivity index (χ1n) is 14.6. The second-order valence-electron chi connectivity index (χ2n) is 11.5. The number of nitrogens with one attached hydrogen (secondary N) is 1. The molecule has 3 rings (SSSR count). The molecule has 0 saturated carbocycles. The Kier molecular flexibility index (Phi) is 12.6. The van der Waals surface area contributed by atoms with Gasteiger partial charge in [0.25, 0.3) is 0 Å². The fourth-order valence-electron chi connectivity index (χ4n) is 5.07. The Hall–Kier alpha value is -3.01. The summed E-state index contributed by atoms with van der Waals surface area (Å²) in [6, 6.07) is 10.9. The molecule has 4 unspecified atom stereocenters. The van der Waals surface area contributed by atoms with Crippen LogP contribution in [0.25, 0.3) is 0 Å². The highest BCUT2D eigenvalue weighted by atomic mass is 16.7. The highest BCUT2D eigenvalue weighted by Gasteiger charge is 2.30. The number of rotatable bonds is 17. The maximum atomic E-state index is 13.2. The zero-order valence-electron chi connectivity index (χ0n) is 25.4. The van der Waals surface area contributed by atoms with Crippen LogP contribution in [0.2, 0.25) is 0 Å². The number of carbonyl (C=O) groups is 1. The Morgan fingerprint density at radius 1 is 0.976 bits per heavy atom. The molecule has 0 aromatic heterocycles. The minimum atomic E-state index is -0.818. The van der Waals surface area contributed by atoms with Crippen molar-refractivity contribution in [2.24, 2.45) is 29.4 Å². The van der Waals surface area contributed by atoms with Crippen molar-refractivity contribution in [2.45, 2.75) is 65.5 Å². The average Bonchev–Trinajstić information content (AvgIpc) is 3.41. The molecule has 9 heteroatoms. The number of carbonyl (C=O) groups excluding carboxylic acids is 1. The van der Waals surface area contributed by atoms with Gasteiger partial charge in [-0.2, -0.15) is 0 Å². The molecule has 0 fully saturated rings. The zero-order valence-corrected chi connectivity index (χ0v) is 25.4. The molecular weight excluding hydrogens is 524 g/mol. The largest absolute Gasteiger partial charge is 0.493 e. The number of nitrogens with two attached hydrogens (primary N) is 1. The van der Waals surface area contributed by atoms with Gasteiger partial charge in [0, 0.05) is 43.9 Å². The Bertz CT molecular complexity index is 1110. The summed E-state index contributed by atoms with van der Waals surface area (Å²) in [5.74, 6) is 2.70. The number of amides is 1. The van der Waals surface area contributed by atoms with Crippen molar-refractivity contribution < 1.29 is 33.6 Å². The van der Waals surface area contributed by atoms with E-state index in [9.17, 15) is 9.90 Å². The van der Waals surface area contributed by atoms with Gasteiger partial charge in [0.2, 0.25) is 12.7 Å². The van der Waals surface area contributed by atoms with Gasteiger partial charge in [-0.15, -0.1) is 0 Å². The van der Waals surface area contributed by atoms with Crippen LogP contribution >= 0.6 is 0 Å². The van der Waals surface area contributed by atoms with E-state index in [-0.39, 0.29) is 31.0 Å². The van der Waals surface area contributed by atoms with Crippen molar-refractivity contribution >= 4 is 11.6 Å². The molecule has 0 radical (unpaired) electrons. The Balaban J connectivity index is 1.61. The summed E-state index contributed by atoms with van der Waals surface area (Å²) < 4.78 is 27.3. The molecule has 0 spiro atoms. The molecule has 228 valence electrons. The lowest BCUT2D eigenvalue weighted by Crippen LogP contribution is -2.41. The Labute approximate surface area is 244 Å². The molecule has 1 heterocycles. The van der Waals surface area contributed by atoms with Crippen LogP contribution in [0.5, 0.6) is 23.0 Å². The normalized spacial score (nSPS) is 15.5. The van der Waals surface area contributed by atoms with E-state index in [0.717, 1.165) is 18.4 Å². The van der Waals surface area contributed by atoms with Gasteiger partial charge in [-0.05, 0) is 66.8 Å². The van der Waals surface area contributed by atoms with E-state index in [4.69, 9.17) is 29.4 Å². The number of anilines is 1. The van der Waals surface area contributed by atoms with Gasteiger partial charge in [-0.25, -0.2) is 0 Å². The van der Waals surface area contributed by atoms with Crippen molar-refractivity contribution in [3.8, 4) is 23.0 Å². The van der Waals surface area contributed by atoms with Crippen LogP contribution in [0.4, 0.5) is 5.69 Å². The van der Waals surface area contributed by atoms with E-state index in [0.29, 0.717) is 54.2 Å². The van der Waals surface area contributed by atoms with E-state index in [1.165, 1.54) is 0 Å². The maximum Gasteiger partial charge on any atom is 0.231 e. The third-order valence-electron chi connectivity index (χ3n) is 7.77. The Morgan fingerprint density at radius 2 is 1.73 bits per heavy atom. The van der Waals surface area contributed by atoms with Crippen LogP contribution in [-0.2, 0) is 16.0 Å². The monoisotopic (exact) mass is 572 g/mol. The van der Waals surface area contributed by atoms with Gasteiger partial charge in [0.15, 0.2) is 23.0 Å². The lowest BCUT2D eigenvalue weighted by atomic mass is 9.81. The molecule has 0 aliphatic carbocycles. The molecule has 4 atom stereocenters. The molecule has 4 N–H and O–H groups in total. The number of hydrogen-bond acceptors (Lipinski definition) is 8. The first kappa shape index (κ1) is 32.5. The minimum Gasteiger partial charge on any atom is -0.493 e. The van der Waals surface area contributed by atoms with Gasteiger partial charge in [0.05, 0.1) is 19.8 Å². The van der Waals surface area contributed by atoms with Gasteiger partial charge >= 0.3 is 0 Å². The fourth-order valence-corrected chi connectivity index (χ4v) is 5.07. The van der Waals surface area contributed by atoms with E-state index < -0.39 is 18.1 Å². The second-order valence-corrected chi connectivity index (χ2v) is 11.5. The molecule has 2 aromatic carbocycles. The van der Waals surface area contributed by atoms with Crippen LogP contribution < -0.4 is 30.0 Å². The quantitative estimate of drug-likeness (QED) is 0.226. The smallest absolute Gasteiger partial charge is 0.231 e. The lowest BCUT2D eigenvalue weighted by molar-refractivity contribution is -0.122. The SMILES string of the molecule is COCCCOc1cc(CC(CC(N)C(O)CC(C(=O)Nc2ccc3c(c2)OCO3)C(C)C)C(C)C)ccc1OC. The number of ether oxygens (including phenoxy) is 5. The highest BCUT2D eigenvalue weighted by Crippen LogP contribution is 2.35. The van der Waals surface area contributed by atoms with E-state index in [1.807, 2.05) is 32.0 Å². The summed E-state index contributed by atoms with van der Waals surface area (Å²) in [6.07, 6.45) is 1.67. The first-order chi connectivity index (χ1) is 19.6. The molecular formula is C32H48N2O7. The Morgan fingerprint density at radius 3 is 2.41 bits per heavy atom. The third-order valence-corrected chi connectivity index (χ3v) is 7.77. The van der Waals surface area contributed by atoms with Crippen LogP contribution in [0, 0.1) is 23.7 Å². The van der Waals surface area contributed by atoms with Crippen LogP contribution in [-0.4, -0.2) is 57.4 Å².